The van der Waals surface area contributed by atoms with Crippen molar-refractivity contribution in [1.82, 2.24) is 0 Å². The van der Waals surface area contributed by atoms with Crippen LogP contribution in [0.5, 0.6) is 0 Å². The molecule has 0 saturated heterocycles. The summed E-state index contributed by atoms with van der Waals surface area (Å²) in [6, 6.07) is 10.3. The van der Waals surface area contributed by atoms with Gasteiger partial charge >= 0.3 is 6.03 Å². The van der Waals surface area contributed by atoms with E-state index in [0.717, 1.165) is 11.3 Å². The summed E-state index contributed by atoms with van der Waals surface area (Å²) >= 11 is 11.8. The molecule has 2 rings (SSSR count). The van der Waals surface area contributed by atoms with Gasteiger partial charge in [-0.1, -0.05) is 29.3 Å². The molecule has 0 spiro atoms. The van der Waals surface area contributed by atoms with Gasteiger partial charge in [-0.3, -0.25) is 0 Å². The Morgan fingerprint density at radius 1 is 0.850 bits per heavy atom. The summed E-state index contributed by atoms with van der Waals surface area (Å²) in [6.45, 7) is 4.02. The van der Waals surface area contributed by atoms with Gasteiger partial charge in [-0.25, -0.2) is 4.79 Å². The van der Waals surface area contributed by atoms with Crippen LogP contribution in [0.4, 0.5) is 16.2 Å². The average Bonchev–Trinajstić information content (AvgIpc) is 2.32. The molecule has 0 aromatic heterocycles. The van der Waals surface area contributed by atoms with E-state index in [1.54, 1.807) is 18.2 Å². The van der Waals surface area contributed by atoms with Gasteiger partial charge in [0.15, 0.2) is 0 Å². The molecule has 2 amide bonds. The van der Waals surface area contributed by atoms with Crippen LogP contribution < -0.4 is 10.6 Å². The van der Waals surface area contributed by atoms with Crippen LogP contribution in [0, 0.1) is 13.8 Å². The fourth-order valence-corrected chi connectivity index (χ4v) is 2.26. The topological polar surface area (TPSA) is 41.1 Å². The Labute approximate surface area is 127 Å². The van der Waals surface area contributed by atoms with Gasteiger partial charge in [-0.05, 0) is 55.3 Å². The van der Waals surface area contributed by atoms with Crippen molar-refractivity contribution in [2.75, 3.05) is 10.6 Å². The van der Waals surface area contributed by atoms with Crippen LogP contribution in [0.1, 0.15) is 11.1 Å². The van der Waals surface area contributed by atoms with E-state index in [-0.39, 0.29) is 6.03 Å². The molecule has 104 valence electrons. The van der Waals surface area contributed by atoms with Crippen LogP contribution in [-0.2, 0) is 0 Å². The maximum absolute atomic E-state index is 11.9. The normalized spacial score (nSPS) is 10.2. The minimum absolute atomic E-state index is 0.341. The first-order valence-electron chi connectivity index (χ1n) is 6.05. The van der Waals surface area contributed by atoms with Gasteiger partial charge in [-0.2, -0.15) is 0 Å². The van der Waals surface area contributed by atoms with E-state index in [0.29, 0.717) is 15.7 Å². The number of amides is 2. The summed E-state index contributed by atoms with van der Waals surface area (Å²) in [7, 11) is 0. The lowest BCUT2D eigenvalue weighted by Gasteiger charge is -2.10. The maximum atomic E-state index is 11.9. The zero-order valence-corrected chi connectivity index (χ0v) is 12.6. The van der Waals surface area contributed by atoms with Crippen molar-refractivity contribution in [3.63, 3.8) is 0 Å². The maximum Gasteiger partial charge on any atom is 0.323 e. The molecule has 0 bridgehead atoms. The first-order valence-corrected chi connectivity index (χ1v) is 6.81. The molecule has 20 heavy (non-hydrogen) atoms. The quantitative estimate of drug-likeness (QED) is 0.781. The molecule has 0 unspecified atom stereocenters. The predicted molar refractivity (Wildman–Crippen MR) is 85.0 cm³/mol. The van der Waals surface area contributed by atoms with Crippen molar-refractivity contribution in [2.45, 2.75) is 13.8 Å². The van der Waals surface area contributed by atoms with Crippen molar-refractivity contribution in [3.8, 4) is 0 Å². The second-order valence-electron chi connectivity index (χ2n) is 4.54. The Morgan fingerprint density at radius 2 is 1.45 bits per heavy atom. The summed E-state index contributed by atoms with van der Waals surface area (Å²) in [6.07, 6.45) is 0. The molecule has 0 saturated carbocycles. The molecule has 2 N–H and O–H groups in total. The number of halogens is 2. The van der Waals surface area contributed by atoms with Crippen LogP contribution >= 0.6 is 23.2 Å². The molecule has 0 aliphatic carbocycles. The van der Waals surface area contributed by atoms with Crippen LogP contribution in [0.15, 0.2) is 36.4 Å². The van der Waals surface area contributed by atoms with Crippen molar-refractivity contribution < 1.29 is 4.79 Å². The zero-order valence-electron chi connectivity index (χ0n) is 11.1. The summed E-state index contributed by atoms with van der Waals surface area (Å²) < 4.78 is 0. The second kappa shape index (κ2) is 6.16. The standard InChI is InChI=1S/C15H14Cl2N2O/c1-9-3-4-13(5-10(9)2)18-15(20)19-14-7-11(16)6-12(17)8-14/h3-8H,1-2H3,(H2,18,19,20). The van der Waals surface area contributed by atoms with Crippen molar-refractivity contribution in [2.24, 2.45) is 0 Å². The number of carbonyl (C=O) groups is 1. The molecular weight excluding hydrogens is 295 g/mol. The van der Waals surface area contributed by atoms with Gasteiger partial charge in [0.2, 0.25) is 0 Å². The number of anilines is 2. The molecule has 2 aromatic rings. The van der Waals surface area contributed by atoms with E-state index in [4.69, 9.17) is 23.2 Å². The minimum Gasteiger partial charge on any atom is -0.308 e. The fourth-order valence-electron chi connectivity index (χ4n) is 1.74. The van der Waals surface area contributed by atoms with Gasteiger partial charge in [0, 0.05) is 21.4 Å². The van der Waals surface area contributed by atoms with Crippen LogP contribution in [0.2, 0.25) is 10.0 Å². The van der Waals surface area contributed by atoms with Crippen LogP contribution in [0.25, 0.3) is 0 Å². The van der Waals surface area contributed by atoms with E-state index in [2.05, 4.69) is 10.6 Å². The van der Waals surface area contributed by atoms with Gasteiger partial charge in [0.1, 0.15) is 0 Å². The Balaban J connectivity index is 2.06. The third-order valence-corrected chi connectivity index (χ3v) is 3.32. The molecule has 5 heteroatoms. The monoisotopic (exact) mass is 308 g/mol. The first kappa shape index (κ1) is 14.7. The number of nitrogens with one attached hydrogen (secondary N) is 2. The van der Waals surface area contributed by atoms with Crippen LogP contribution in [-0.4, -0.2) is 6.03 Å². The smallest absolute Gasteiger partial charge is 0.308 e. The molecular formula is C15H14Cl2N2O. The lowest BCUT2D eigenvalue weighted by Crippen LogP contribution is -2.19. The van der Waals surface area contributed by atoms with Gasteiger partial charge in [0.05, 0.1) is 0 Å². The minimum atomic E-state index is -0.341. The number of aryl methyl sites for hydroxylation is 2. The van der Waals surface area contributed by atoms with Crippen molar-refractivity contribution in [3.05, 3.63) is 57.6 Å². The number of carbonyl (C=O) groups excluding carboxylic acids is 1. The van der Waals surface area contributed by atoms with Crippen molar-refractivity contribution in [1.29, 1.82) is 0 Å². The van der Waals surface area contributed by atoms with E-state index in [1.165, 1.54) is 5.56 Å². The summed E-state index contributed by atoms with van der Waals surface area (Å²) in [4.78, 5) is 11.9. The van der Waals surface area contributed by atoms with Gasteiger partial charge in [0.25, 0.3) is 0 Å². The highest BCUT2D eigenvalue weighted by molar-refractivity contribution is 6.35. The second-order valence-corrected chi connectivity index (χ2v) is 5.41. The largest absolute Gasteiger partial charge is 0.323 e. The first-order chi connectivity index (χ1) is 9.44. The molecule has 3 nitrogen and oxygen atoms in total. The summed E-state index contributed by atoms with van der Waals surface area (Å²) in [5.41, 5.74) is 3.58. The number of urea groups is 1. The molecule has 0 aliphatic heterocycles. The molecule has 0 fully saturated rings. The predicted octanol–water partition coefficient (Wildman–Crippen LogP) is 5.25. The highest BCUT2D eigenvalue weighted by atomic mass is 35.5. The lowest BCUT2D eigenvalue weighted by molar-refractivity contribution is 0.262. The van der Waals surface area contributed by atoms with Crippen LogP contribution in [0.3, 0.4) is 0 Å². The fraction of sp³-hybridized carbons (Fsp3) is 0.133. The Kier molecular flexibility index (Phi) is 4.53. The highest BCUT2D eigenvalue weighted by Crippen LogP contribution is 2.22. The Morgan fingerprint density at radius 3 is 2.05 bits per heavy atom. The molecule has 0 aliphatic rings. The number of rotatable bonds is 2. The molecule has 0 heterocycles. The number of hydrogen-bond acceptors (Lipinski definition) is 1. The number of benzene rings is 2. The van der Waals surface area contributed by atoms with E-state index in [9.17, 15) is 4.79 Å². The third-order valence-electron chi connectivity index (χ3n) is 2.89. The van der Waals surface area contributed by atoms with Gasteiger partial charge in [-0.15, -0.1) is 0 Å². The molecule has 2 aromatic carbocycles. The zero-order chi connectivity index (χ0) is 14.7. The molecule has 0 atom stereocenters. The highest BCUT2D eigenvalue weighted by Gasteiger charge is 2.05. The Hall–Kier alpha value is -1.71. The summed E-state index contributed by atoms with van der Waals surface area (Å²) in [5, 5.41) is 6.39. The molecule has 0 radical (unpaired) electrons. The van der Waals surface area contributed by atoms with Gasteiger partial charge < -0.3 is 10.6 Å². The summed E-state index contributed by atoms with van der Waals surface area (Å²) in [5.74, 6) is 0. The lowest BCUT2D eigenvalue weighted by atomic mass is 10.1. The Bertz CT molecular complexity index is 636. The number of hydrogen-bond donors (Lipinski definition) is 2. The SMILES string of the molecule is Cc1ccc(NC(=O)Nc2cc(Cl)cc(Cl)c2)cc1C. The van der Waals surface area contributed by atoms with E-state index < -0.39 is 0 Å². The van der Waals surface area contributed by atoms with E-state index >= 15 is 0 Å². The van der Waals surface area contributed by atoms with E-state index in [1.807, 2.05) is 32.0 Å². The third kappa shape index (κ3) is 3.89. The average molecular weight is 309 g/mol. The van der Waals surface area contributed by atoms with Crippen molar-refractivity contribution >= 4 is 40.6 Å².